The van der Waals surface area contributed by atoms with Gasteiger partial charge in [-0.15, -0.1) is 0 Å². The monoisotopic (exact) mass is 332 g/mol. The number of nitrogens with one attached hydrogen (secondary N) is 3. The fourth-order valence-electron chi connectivity index (χ4n) is 2.97. The summed E-state index contributed by atoms with van der Waals surface area (Å²) in [4.78, 5) is 25.9. The van der Waals surface area contributed by atoms with E-state index >= 15 is 0 Å². The van der Waals surface area contributed by atoms with Crippen LogP contribution < -0.4 is 16.0 Å². The molecule has 1 fully saturated rings. The van der Waals surface area contributed by atoms with Crippen LogP contribution in [0.2, 0.25) is 0 Å². The Morgan fingerprint density at radius 1 is 1.17 bits per heavy atom. The highest BCUT2D eigenvalue weighted by molar-refractivity contribution is 5.95. The standard InChI is InChI=1S/C18H28N4O2/c1-19-10-7-15-8-11-22(12-9-15)14-17(23)21-18(24)20-13-16-5-3-2-4-6-16/h2-6,15,19H,7-14H2,1H3,(H2,20,21,23,24). The van der Waals surface area contributed by atoms with Gasteiger partial charge in [-0.05, 0) is 57.4 Å². The number of hydrogen-bond acceptors (Lipinski definition) is 4. The molecular weight excluding hydrogens is 304 g/mol. The first-order valence-electron chi connectivity index (χ1n) is 8.66. The lowest BCUT2D eigenvalue weighted by atomic mass is 9.93. The number of carbonyl (C=O) groups is 2. The number of hydrogen-bond donors (Lipinski definition) is 3. The van der Waals surface area contributed by atoms with Crippen LogP contribution in [0.3, 0.4) is 0 Å². The van der Waals surface area contributed by atoms with E-state index in [4.69, 9.17) is 0 Å². The van der Waals surface area contributed by atoms with Crippen molar-refractivity contribution in [2.24, 2.45) is 5.92 Å². The zero-order valence-corrected chi connectivity index (χ0v) is 14.4. The van der Waals surface area contributed by atoms with Crippen molar-refractivity contribution >= 4 is 11.9 Å². The Morgan fingerprint density at radius 3 is 2.54 bits per heavy atom. The maximum Gasteiger partial charge on any atom is 0.321 e. The molecule has 0 atom stereocenters. The molecule has 6 nitrogen and oxygen atoms in total. The summed E-state index contributed by atoms with van der Waals surface area (Å²) in [5, 5.41) is 8.28. The molecule has 0 radical (unpaired) electrons. The molecule has 1 aromatic rings. The van der Waals surface area contributed by atoms with Gasteiger partial charge in [-0.2, -0.15) is 0 Å². The molecular formula is C18H28N4O2. The Kier molecular flexibility index (Phi) is 7.71. The van der Waals surface area contributed by atoms with E-state index in [1.807, 2.05) is 37.4 Å². The normalized spacial score (nSPS) is 15.9. The van der Waals surface area contributed by atoms with Crippen LogP contribution >= 0.6 is 0 Å². The maximum atomic E-state index is 12.0. The minimum atomic E-state index is -0.437. The average molecular weight is 332 g/mol. The lowest BCUT2D eigenvalue weighted by molar-refractivity contribution is -0.121. The van der Waals surface area contributed by atoms with Gasteiger partial charge in [-0.3, -0.25) is 15.0 Å². The zero-order valence-electron chi connectivity index (χ0n) is 14.4. The SMILES string of the molecule is CNCCC1CCN(CC(=O)NC(=O)NCc2ccccc2)CC1. The molecule has 1 saturated heterocycles. The molecule has 0 spiro atoms. The second-order valence-corrected chi connectivity index (χ2v) is 6.33. The largest absolute Gasteiger partial charge is 0.334 e. The van der Waals surface area contributed by atoms with Gasteiger partial charge in [0.15, 0.2) is 0 Å². The highest BCUT2D eigenvalue weighted by Gasteiger charge is 2.21. The van der Waals surface area contributed by atoms with Crippen LogP contribution in [0.1, 0.15) is 24.8 Å². The third kappa shape index (κ3) is 6.68. The number of nitrogens with zero attached hydrogens (tertiary/aromatic N) is 1. The minimum Gasteiger partial charge on any atom is -0.334 e. The number of rotatable bonds is 7. The Balaban J connectivity index is 1.62. The lowest BCUT2D eigenvalue weighted by Crippen LogP contribution is -2.46. The average Bonchev–Trinajstić information content (AvgIpc) is 2.60. The molecule has 0 aromatic heterocycles. The molecule has 0 bridgehead atoms. The summed E-state index contributed by atoms with van der Waals surface area (Å²) >= 11 is 0. The van der Waals surface area contributed by atoms with Gasteiger partial charge in [0, 0.05) is 6.54 Å². The van der Waals surface area contributed by atoms with E-state index in [-0.39, 0.29) is 12.5 Å². The third-order valence-corrected chi connectivity index (χ3v) is 4.43. The summed E-state index contributed by atoms with van der Waals surface area (Å²) in [5.41, 5.74) is 1.00. The summed E-state index contributed by atoms with van der Waals surface area (Å²) < 4.78 is 0. The van der Waals surface area contributed by atoms with Gasteiger partial charge in [0.1, 0.15) is 0 Å². The van der Waals surface area contributed by atoms with E-state index in [0.717, 1.165) is 44.0 Å². The van der Waals surface area contributed by atoms with Crippen LogP contribution in [0.15, 0.2) is 30.3 Å². The van der Waals surface area contributed by atoms with Gasteiger partial charge in [-0.1, -0.05) is 30.3 Å². The zero-order chi connectivity index (χ0) is 17.2. The van der Waals surface area contributed by atoms with E-state index in [9.17, 15) is 9.59 Å². The van der Waals surface area contributed by atoms with Gasteiger partial charge in [0.05, 0.1) is 6.54 Å². The van der Waals surface area contributed by atoms with Crippen molar-refractivity contribution < 1.29 is 9.59 Å². The molecule has 3 amide bonds. The molecule has 1 aromatic carbocycles. The van der Waals surface area contributed by atoms with E-state index in [0.29, 0.717) is 6.54 Å². The fraction of sp³-hybridized carbons (Fsp3) is 0.556. The molecule has 0 unspecified atom stereocenters. The van der Waals surface area contributed by atoms with Crippen LogP contribution in [-0.4, -0.2) is 50.1 Å². The van der Waals surface area contributed by atoms with E-state index in [1.54, 1.807) is 0 Å². The van der Waals surface area contributed by atoms with Crippen LogP contribution in [0.25, 0.3) is 0 Å². The Bertz CT molecular complexity index is 513. The van der Waals surface area contributed by atoms with Crippen molar-refractivity contribution in [1.82, 2.24) is 20.9 Å². The number of benzene rings is 1. The van der Waals surface area contributed by atoms with Crippen molar-refractivity contribution in [1.29, 1.82) is 0 Å². The first kappa shape index (κ1) is 18.4. The number of piperidine rings is 1. The van der Waals surface area contributed by atoms with Gasteiger partial charge >= 0.3 is 6.03 Å². The topological polar surface area (TPSA) is 73.5 Å². The Labute approximate surface area is 144 Å². The molecule has 2 rings (SSSR count). The van der Waals surface area contributed by atoms with E-state index in [2.05, 4.69) is 20.9 Å². The molecule has 1 aliphatic rings. The van der Waals surface area contributed by atoms with Gasteiger partial charge in [0.25, 0.3) is 0 Å². The number of likely N-dealkylation sites (tertiary alicyclic amines) is 1. The molecule has 1 heterocycles. The van der Waals surface area contributed by atoms with Crippen molar-refractivity contribution in [2.45, 2.75) is 25.8 Å². The number of imide groups is 1. The summed E-state index contributed by atoms with van der Waals surface area (Å²) in [6.45, 7) is 3.60. The Morgan fingerprint density at radius 2 is 1.88 bits per heavy atom. The molecule has 24 heavy (non-hydrogen) atoms. The van der Waals surface area contributed by atoms with Crippen molar-refractivity contribution in [2.75, 3.05) is 33.2 Å². The maximum absolute atomic E-state index is 12.0. The van der Waals surface area contributed by atoms with Crippen molar-refractivity contribution in [3.8, 4) is 0 Å². The van der Waals surface area contributed by atoms with E-state index < -0.39 is 6.03 Å². The van der Waals surface area contributed by atoms with Crippen molar-refractivity contribution in [3.05, 3.63) is 35.9 Å². The highest BCUT2D eigenvalue weighted by Crippen LogP contribution is 2.19. The summed E-state index contributed by atoms with van der Waals surface area (Å²) in [7, 11) is 1.97. The highest BCUT2D eigenvalue weighted by atomic mass is 16.2. The van der Waals surface area contributed by atoms with Gasteiger partial charge in [0.2, 0.25) is 5.91 Å². The van der Waals surface area contributed by atoms with Crippen molar-refractivity contribution in [3.63, 3.8) is 0 Å². The predicted octanol–water partition coefficient (Wildman–Crippen LogP) is 1.33. The van der Waals surface area contributed by atoms with Crippen LogP contribution in [-0.2, 0) is 11.3 Å². The summed E-state index contributed by atoms with van der Waals surface area (Å²) in [6, 6.07) is 9.18. The van der Waals surface area contributed by atoms with Crippen LogP contribution in [0.5, 0.6) is 0 Å². The third-order valence-electron chi connectivity index (χ3n) is 4.43. The first-order chi connectivity index (χ1) is 11.7. The second-order valence-electron chi connectivity index (χ2n) is 6.33. The van der Waals surface area contributed by atoms with Crippen LogP contribution in [0, 0.1) is 5.92 Å². The Hall–Kier alpha value is -1.92. The lowest BCUT2D eigenvalue weighted by Gasteiger charge is -2.31. The van der Waals surface area contributed by atoms with Gasteiger partial charge in [-0.25, -0.2) is 4.79 Å². The molecule has 6 heteroatoms. The van der Waals surface area contributed by atoms with Gasteiger partial charge < -0.3 is 10.6 Å². The molecule has 3 N–H and O–H groups in total. The molecule has 0 aliphatic carbocycles. The quantitative estimate of drug-likeness (QED) is 0.704. The predicted molar refractivity (Wildman–Crippen MR) is 94.5 cm³/mol. The number of urea groups is 1. The summed E-state index contributed by atoms with van der Waals surface area (Å²) in [5.74, 6) is 0.500. The number of amides is 3. The second kappa shape index (κ2) is 10.1. The fourth-order valence-corrected chi connectivity index (χ4v) is 2.97. The smallest absolute Gasteiger partial charge is 0.321 e. The minimum absolute atomic E-state index is 0.241. The molecule has 1 aliphatic heterocycles. The molecule has 132 valence electrons. The van der Waals surface area contributed by atoms with Crippen LogP contribution in [0.4, 0.5) is 4.79 Å². The number of carbonyl (C=O) groups excluding carboxylic acids is 2. The molecule has 0 saturated carbocycles. The first-order valence-corrected chi connectivity index (χ1v) is 8.66. The van der Waals surface area contributed by atoms with E-state index in [1.165, 1.54) is 6.42 Å². The summed E-state index contributed by atoms with van der Waals surface area (Å²) in [6.07, 6.45) is 3.43.